The number of hydrogen-bond acceptors (Lipinski definition) is 2. The molecule has 0 radical (unpaired) electrons. The predicted molar refractivity (Wildman–Crippen MR) is 99.9 cm³/mol. The van der Waals surface area contributed by atoms with Crippen molar-refractivity contribution in [3.8, 4) is 11.5 Å². The fourth-order valence-electron chi connectivity index (χ4n) is 1.90. The fraction of sp³-hybridized carbons (Fsp3) is 0.294. The van der Waals surface area contributed by atoms with Gasteiger partial charge in [0.15, 0.2) is 0 Å². The Kier molecular flexibility index (Phi) is 6.51. The summed E-state index contributed by atoms with van der Waals surface area (Å²) < 4.78 is 8.06. The highest BCUT2D eigenvalue weighted by molar-refractivity contribution is 14.1. The molecule has 0 bridgehead atoms. The van der Waals surface area contributed by atoms with Crippen LogP contribution in [0.1, 0.15) is 19.4 Å². The minimum atomic E-state index is 0.664. The highest BCUT2D eigenvalue weighted by atomic mass is 127. The lowest BCUT2D eigenvalue weighted by Gasteiger charge is -2.11. The number of ether oxygens (including phenoxy) is 1. The zero-order valence-electron chi connectivity index (χ0n) is 12.2. The zero-order chi connectivity index (χ0) is 15.2. The van der Waals surface area contributed by atoms with Crippen molar-refractivity contribution in [2.75, 3.05) is 6.54 Å². The van der Waals surface area contributed by atoms with Crippen molar-refractivity contribution >= 4 is 38.5 Å². The molecule has 0 saturated carbocycles. The van der Waals surface area contributed by atoms with Crippen LogP contribution < -0.4 is 10.1 Å². The van der Waals surface area contributed by atoms with E-state index in [0.29, 0.717) is 5.92 Å². The molecule has 0 saturated heterocycles. The summed E-state index contributed by atoms with van der Waals surface area (Å²) in [5, 5.41) is 3.44. The molecule has 21 heavy (non-hydrogen) atoms. The highest BCUT2D eigenvalue weighted by Gasteiger charge is 2.05. The van der Waals surface area contributed by atoms with Gasteiger partial charge < -0.3 is 10.1 Å². The molecular weight excluding hydrogens is 441 g/mol. The molecule has 0 spiro atoms. The highest BCUT2D eigenvalue weighted by Crippen LogP contribution is 2.31. The second-order valence-corrected chi connectivity index (χ2v) is 7.45. The Hall–Kier alpha value is -0.590. The van der Waals surface area contributed by atoms with E-state index in [4.69, 9.17) is 4.74 Å². The number of rotatable bonds is 6. The van der Waals surface area contributed by atoms with E-state index in [2.05, 4.69) is 69.8 Å². The van der Waals surface area contributed by atoms with Crippen LogP contribution in [0.4, 0.5) is 0 Å². The van der Waals surface area contributed by atoms with Crippen molar-refractivity contribution in [2.24, 2.45) is 5.92 Å². The van der Waals surface area contributed by atoms with Crippen LogP contribution in [0.25, 0.3) is 0 Å². The molecule has 0 atom stereocenters. The summed E-state index contributed by atoms with van der Waals surface area (Å²) in [5.41, 5.74) is 1.25. The lowest BCUT2D eigenvalue weighted by molar-refractivity contribution is 0.478. The topological polar surface area (TPSA) is 21.3 Å². The third kappa shape index (κ3) is 5.60. The SMILES string of the molecule is CC(C)CNCc1ccc(Oc2cccc(I)c2)c(Br)c1. The Bertz CT molecular complexity index is 601. The van der Waals surface area contributed by atoms with Crippen LogP contribution in [0.2, 0.25) is 0 Å². The van der Waals surface area contributed by atoms with Gasteiger partial charge in [0, 0.05) is 10.1 Å². The van der Waals surface area contributed by atoms with Gasteiger partial charge >= 0.3 is 0 Å². The minimum Gasteiger partial charge on any atom is -0.456 e. The molecule has 2 nitrogen and oxygen atoms in total. The molecule has 0 aliphatic carbocycles. The van der Waals surface area contributed by atoms with Crippen molar-refractivity contribution in [1.82, 2.24) is 5.32 Å². The quantitative estimate of drug-likeness (QED) is 0.568. The van der Waals surface area contributed by atoms with Crippen LogP contribution in [-0.2, 0) is 6.54 Å². The summed E-state index contributed by atoms with van der Waals surface area (Å²) >= 11 is 5.87. The van der Waals surface area contributed by atoms with Gasteiger partial charge in [0.1, 0.15) is 11.5 Å². The predicted octanol–water partition coefficient (Wildman–Crippen LogP) is 5.59. The van der Waals surface area contributed by atoms with Crippen molar-refractivity contribution in [3.05, 3.63) is 56.1 Å². The standard InChI is InChI=1S/C17H19BrINO/c1-12(2)10-20-11-13-6-7-17(16(18)8-13)21-15-5-3-4-14(19)9-15/h3-9,12,20H,10-11H2,1-2H3. The maximum absolute atomic E-state index is 5.92. The molecule has 0 aliphatic heterocycles. The van der Waals surface area contributed by atoms with Gasteiger partial charge in [0.05, 0.1) is 4.47 Å². The van der Waals surface area contributed by atoms with Gasteiger partial charge in [-0.2, -0.15) is 0 Å². The summed E-state index contributed by atoms with van der Waals surface area (Å²) in [5.74, 6) is 2.36. The van der Waals surface area contributed by atoms with E-state index in [0.717, 1.165) is 32.6 Å². The Morgan fingerprint density at radius 1 is 1.19 bits per heavy atom. The second-order valence-electron chi connectivity index (χ2n) is 5.35. The monoisotopic (exact) mass is 459 g/mol. The van der Waals surface area contributed by atoms with E-state index in [1.165, 1.54) is 5.56 Å². The Labute approximate surface area is 148 Å². The average molecular weight is 460 g/mol. The first-order valence-corrected chi connectivity index (χ1v) is 8.84. The lowest BCUT2D eigenvalue weighted by Crippen LogP contribution is -2.18. The van der Waals surface area contributed by atoms with Crippen molar-refractivity contribution in [3.63, 3.8) is 0 Å². The van der Waals surface area contributed by atoms with Crippen LogP contribution in [0.5, 0.6) is 11.5 Å². The Morgan fingerprint density at radius 3 is 2.67 bits per heavy atom. The normalized spacial score (nSPS) is 10.9. The Morgan fingerprint density at radius 2 is 2.00 bits per heavy atom. The van der Waals surface area contributed by atoms with Gasteiger partial charge in [0.25, 0.3) is 0 Å². The van der Waals surface area contributed by atoms with E-state index in [1.807, 2.05) is 30.3 Å². The summed E-state index contributed by atoms with van der Waals surface area (Å²) in [6.07, 6.45) is 0. The third-order valence-electron chi connectivity index (χ3n) is 2.90. The summed E-state index contributed by atoms with van der Waals surface area (Å²) in [6.45, 7) is 6.32. The maximum Gasteiger partial charge on any atom is 0.141 e. The number of nitrogens with one attached hydrogen (secondary N) is 1. The number of benzene rings is 2. The van der Waals surface area contributed by atoms with Gasteiger partial charge in [-0.05, 0) is 86.9 Å². The van der Waals surface area contributed by atoms with Gasteiger partial charge in [-0.1, -0.05) is 26.0 Å². The first-order chi connectivity index (χ1) is 10.0. The number of halogens is 2. The first-order valence-electron chi connectivity index (χ1n) is 6.97. The van der Waals surface area contributed by atoms with Crippen LogP contribution in [-0.4, -0.2) is 6.54 Å². The van der Waals surface area contributed by atoms with E-state index < -0.39 is 0 Å². The fourth-order valence-corrected chi connectivity index (χ4v) is 2.92. The smallest absolute Gasteiger partial charge is 0.141 e. The van der Waals surface area contributed by atoms with E-state index in [1.54, 1.807) is 0 Å². The van der Waals surface area contributed by atoms with Crippen LogP contribution in [0.3, 0.4) is 0 Å². The summed E-state index contributed by atoms with van der Waals surface area (Å²) in [7, 11) is 0. The van der Waals surface area contributed by atoms with E-state index in [9.17, 15) is 0 Å². The molecular formula is C17H19BrINO. The van der Waals surface area contributed by atoms with Gasteiger partial charge in [-0.25, -0.2) is 0 Å². The van der Waals surface area contributed by atoms with Crippen LogP contribution in [0.15, 0.2) is 46.9 Å². The molecule has 2 aromatic rings. The van der Waals surface area contributed by atoms with E-state index in [-0.39, 0.29) is 0 Å². The summed E-state index contributed by atoms with van der Waals surface area (Å²) in [4.78, 5) is 0. The molecule has 112 valence electrons. The molecule has 0 aromatic heterocycles. The summed E-state index contributed by atoms with van der Waals surface area (Å²) in [6, 6.07) is 14.2. The molecule has 4 heteroatoms. The molecule has 0 heterocycles. The Balaban J connectivity index is 2.02. The van der Waals surface area contributed by atoms with Gasteiger partial charge in [0.2, 0.25) is 0 Å². The minimum absolute atomic E-state index is 0.664. The molecule has 1 N–H and O–H groups in total. The van der Waals surface area contributed by atoms with Crippen LogP contribution >= 0.6 is 38.5 Å². The molecule has 0 fully saturated rings. The maximum atomic E-state index is 5.92. The van der Waals surface area contributed by atoms with Crippen molar-refractivity contribution in [1.29, 1.82) is 0 Å². The molecule has 0 unspecified atom stereocenters. The number of hydrogen-bond donors (Lipinski definition) is 1. The molecule has 2 aromatic carbocycles. The van der Waals surface area contributed by atoms with Gasteiger partial charge in [-0.3, -0.25) is 0 Å². The third-order valence-corrected chi connectivity index (χ3v) is 4.19. The first kappa shape index (κ1) is 16.8. The average Bonchev–Trinajstić information content (AvgIpc) is 2.41. The molecule has 0 amide bonds. The lowest BCUT2D eigenvalue weighted by atomic mass is 10.2. The molecule has 2 rings (SSSR count). The second kappa shape index (κ2) is 8.15. The van der Waals surface area contributed by atoms with Crippen molar-refractivity contribution < 1.29 is 4.74 Å². The van der Waals surface area contributed by atoms with E-state index >= 15 is 0 Å². The largest absolute Gasteiger partial charge is 0.456 e. The van der Waals surface area contributed by atoms with Crippen molar-refractivity contribution in [2.45, 2.75) is 20.4 Å². The van der Waals surface area contributed by atoms with Crippen LogP contribution in [0, 0.1) is 9.49 Å². The van der Waals surface area contributed by atoms with Gasteiger partial charge in [-0.15, -0.1) is 0 Å². The molecule has 0 aliphatic rings. The zero-order valence-corrected chi connectivity index (χ0v) is 15.9.